The van der Waals surface area contributed by atoms with Gasteiger partial charge in [-0.1, -0.05) is 6.92 Å². The van der Waals surface area contributed by atoms with Crippen LogP contribution in [0.15, 0.2) is 12.1 Å². The topological polar surface area (TPSA) is 61.5 Å². The number of methoxy groups -OCH3 is 2. The normalized spacial score (nSPS) is 10.1. The Bertz CT molecular complexity index is 402. The van der Waals surface area contributed by atoms with E-state index >= 15 is 0 Å². The summed E-state index contributed by atoms with van der Waals surface area (Å²) in [6.07, 6.45) is 1.15. The van der Waals surface area contributed by atoms with Gasteiger partial charge >= 0.3 is 0 Å². The molecule has 0 heterocycles. The first kappa shape index (κ1) is 13.5. The van der Waals surface area contributed by atoms with Crippen LogP contribution in [0.3, 0.4) is 0 Å². The predicted molar refractivity (Wildman–Crippen MR) is 66.9 cm³/mol. The molecule has 0 atom stereocenters. The smallest absolute Gasteiger partial charge is 0.171 e. The highest BCUT2D eigenvalue weighted by molar-refractivity contribution is 5.99. The van der Waals surface area contributed by atoms with Crippen molar-refractivity contribution >= 4 is 5.78 Å². The largest absolute Gasteiger partial charge is 0.493 e. The summed E-state index contributed by atoms with van der Waals surface area (Å²) < 4.78 is 10.5. The second-order valence-corrected chi connectivity index (χ2v) is 3.69. The maximum atomic E-state index is 11.9. The van der Waals surface area contributed by atoms with Crippen LogP contribution < -0.4 is 15.2 Å². The van der Waals surface area contributed by atoms with Crippen molar-refractivity contribution < 1.29 is 14.3 Å². The van der Waals surface area contributed by atoms with Gasteiger partial charge in [-0.25, -0.2) is 0 Å². The minimum atomic E-state index is -0.0158. The standard InChI is InChI=1S/C13H19NO3/c1-4-9-7-10(11(15)5-6-14)13(17-3)12(8-9)16-2/h7-8H,4-6,14H2,1-3H3. The lowest BCUT2D eigenvalue weighted by atomic mass is 10.0. The Morgan fingerprint density at radius 2 is 2.00 bits per heavy atom. The summed E-state index contributed by atoms with van der Waals surface area (Å²) in [6.45, 7) is 2.36. The van der Waals surface area contributed by atoms with Crippen molar-refractivity contribution in [3.63, 3.8) is 0 Å². The number of Topliss-reactive ketones (excluding diaryl/α,β-unsaturated/α-hetero) is 1. The van der Waals surface area contributed by atoms with Crippen LogP contribution >= 0.6 is 0 Å². The van der Waals surface area contributed by atoms with E-state index in [1.807, 2.05) is 19.1 Å². The number of ether oxygens (including phenoxy) is 2. The molecule has 0 amide bonds. The number of rotatable bonds is 6. The molecule has 4 heteroatoms. The first-order chi connectivity index (χ1) is 8.17. The van der Waals surface area contributed by atoms with Gasteiger partial charge in [0.25, 0.3) is 0 Å². The van der Waals surface area contributed by atoms with Crippen molar-refractivity contribution in [2.24, 2.45) is 5.73 Å². The van der Waals surface area contributed by atoms with E-state index in [0.29, 0.717) is 30.0 Å². The molecule has 0 bridgehead atoms. The molecule has 0 spiro atoms. The van der Waals surface area contributed by atoms with Gasteiger partial charge in [0.15, 0.2) is 17.3 Å². The first-order valence-electron chi connectivity index (χ1n) is 5.66. The van der Waals surface area contributed by atoms with E-state index in [-0.39, 0.29) is 5.78 Å². The SMILES string of the molecule is CCc1cc(OC)c(OC)c(C(=O)CCN)c1. The second-order valence-electron chi connectivity index (χ2n) is 3.69. The molecular weight excluding hydrogens is 218 g/mol. The lowest BCUT2D eigenvalue weighted by molar-refractivity contribution is 0.0981. The first-order valence-corrected chi connectivity index (χ1v) is 5.66. The van der Waals surface area contributed by atoms with Crippen LogP contribution in [0.4, 0.5) is 0 Å². The Morgan fingerprint density at radius 3 is 2.47 bits per heavy atom. The number of hydrogen-bond donors (Lipinski definition) is 1. The monoisotopic (exact) mass is 237 g/mol. The van der Waals surface area contributed by atoms with E-state index in [1.54, 1.807) is 7.11 Å². The zero-order valence-corrected chi connectivity index (χ0v) is 10.6. The van der Waals surface area contributed by atoms with Crippen LogP contribution in [0.25, 0.3) is 0 Å². The average Bonchev–Trinajstić information content (AvgIpc) is 2.37. The van der Waals surface area contributed by atoms with Crippen molar-refractivity contribution in [3.05, 3.63) is 23.3 Å². The molecule has 4 nitrogen and oxygen atoms in total. The minimum absolute atomic E-state index is 0.0158. The fourth-order valence-electron chi connectivity index (χ4n) is 1.70. The highest BCUT2D eigenvalue weighted by Crippen LogP contribution is 2.33. The number of benzene rings is 1. The Hall–Kier alpha value is -1.55. The maximum absolute atomic E-state index is 11.9. The number of carbonyl (C=O) groups is 1. The molecule has 0 aliphatic heterocycles. The van der Waals surface area contributed by atoms with Crippen LogP contribution in [-0.4, -0.2) is 26.5 Å². The molecule has 0 aromatic heterocycles. The lowest BCUT2D eigenvalue weighted by Crippen LogP contribution is -2.10. The summed E-state index contributed by atoms with van der Waals surface area (Å²) in [5.74, 6) is 1.06. The number of carbonyl (C=O) groups excluding carboxylic acids is 1. The zero-order valence-electron chi connectivity index (χ0n) is 10.6. The molecule has 1 aromatic carbocycles. The van der Waals surface area contributed by atoms with Gasteiger partial charge in [0, 0.05) is 6.42 Å². The molecule has 0 fully saturated rings. The second kappa shape index (κ2) is 6.25. The van der Waals surface area contributed by atoms with Crippen molar-refractivity contribution in [1.29, 1.82) is 0 Å². The lowest BCUT2D eigenvalue weighted by Gasteiger charge is -2.13. The maximum Gasteiger partial charge on any atom is 0.171 e. The quantitative estimate of drug-likeness (QED) is 0.766. The molecular formula is C13H19NO3. The summed E-state index contributed by atoms with van der Waals surface area (Å²) in [5, 5.41) is 0. The average molecular weight is 237 g/mol. The molecule has 0 radical (unpaired) electrons. The van der Waals surface area contributed by atoms with E-state index in [4.69, 9.17) is 15.2 Å². The fourth-order valence-corrected chi connectivity index (χ4v) is 1.70. The third-order valence-corrected chi connectivity index (χ3v) is 2.62. The number of aryl methyl sites for hydroxylation is 1. The van der Waals surface area contributed by atoms with Crippen molar-refractivity contribution in [2.75, 3.05) is 20.8 Å². The number of nitrogens with two attached hydrogens (primary N) is 1. The van der Waals surface area contributed by atoms with E-state index < -0.39 is 0 Å². The molecule has 1 aromatic rings. The summed E-state index contributed by atoms with van der Waals surface area (Å²) in [5.41, 5.74) is 7.00. The van der Waals surface area contributed by atoms with Crippen LogP contribution in [0.1, 0.15) is 29.3 Å². The Morgan fingerprint density at radius 1 is 1.29 bits per heavy atom. The van der Waals surface area contributed by atoms with E-state index in [2.05, 4.69) is 0 Å². The molecule has 0 aliphatic rings. The van der Waals surface area contributed by atoms with Gasteiger partial charge in [-0.3, -0.25) is 4.79 Å². The molecule has 0 saturated heterocycles. The van der Waals surface area contributed by atoms with E-state index in [9.17, 15) is 4.79 Å². The number of hydrogen-bond acceptors (Lipinski definition) is 4. The molecule has 94 valence electrons. The predicted octanol–water partition coefficient (Wildman–Crippen LogP) is 1.80. The van der Waals surface area contributed by atoms with Gasteiger partial charge in [0.2, 0.25) is 0 Å². The van der Waals surface area contributed by atoms with Crippen molar-refractivity contribution in [2.45, 2.75) is 19.8 Å². The van der Waals surface area contributed by atoms with Gasteiger partial charge in [0.05, 0.1) is 19.8 Å². The van der Waals surface area contributed by atoms with Crippen molar-refractivity contribution in [1.82, 2.24) is 0 Å². The molecule has 0 aliphatic carbocycles. The van der Waals surface area contributed by atoms with Crippen LogP contribution in [0, 0.1) is 0 Å². The zero-order chi connectivity index (χ0) is 12.8. The molecule has 0 unspecified atom stereocenters. The van der Waals surface area contributed by atoms with Gasteiger partial charge in [0.1, 0.15) is 0 Å². The Balaban J connectivity index is 3.28. The highest BCUT2D eigenvalue weighted by Gasteiger charge is 2.17. The molecule has 2 N–H and O–H groups in total. The molecule has 0 saturated carbocycles. The highest BCUT2D eigenvalue weighted by atomic mass is 16.5. The Labute approximate surface area is 102 Å². The van der Waals surface area contributed by atoms with Gasteiger partial charge in [-0.2, -0.15) is 0 Å². The minimum Gasteiger partial charge on any atom is -0.493 e. The summed E-state index contributed by atoms with van der Waals surface area (Å²) in [4.78, 5) is 11.9. The van der Waals surface area contributed by atoms with Gasteiger partial charge in [-0.05, 0) is 30.7 Å². The van der Waals surface area contributed by atoms with Crippen LogP contribution in [0.5, 0.6) is 11.5 Å². The van der Waals surface area contributed by atoms with Crippen molar-refractivity contribution in [3.8, 4) is 11.5 Å². The number of ketones is 1. The summed E-state index contributed by atoms with van der Waals surface area (Å²) in [7, 11) is 3.09. The van der Waals surface area contributed by atoms with Gasteiger partial charge in [-0.15, -0.1) is 0 Å². The molecule has 1 rings (SSSR count). The third kappa shape index (κ3) is 2.97. The van der Waals surface area contributed by atoms with Gasteiger partial charge < -0.3 is 15.2 Å². The van der Waals surface area contributed by atoms with Crippen LogP contribution in [-0.2, 0) is 6.42 Å². The fraction of sp³-hybridized carbons (Fsp3) is 0.462. The summed E-state index contributed by atoms with van der Waals surface area (Å²) >= 11 is 0. The molecule has 17 heavy (non-hydrogen) atoms. The summed E-state index contributed by atoms with van der Waals surface area (Å²) in [6, 6.07) is 3.73. The van der Waals surface area contributed by atoms with E-state index in [0.717, 1.165) is 12.0 Å². The Kier molecular flexibility index (Phi) is 4.97. The third-order valence-electron chi connectivity index (χ3n) is 2.62. The van der Waals surface area contributed by atoms with E-state index in [1.165, 1.54) is 7.11 Å². The van der Waals surface area contributed by atoms with Crippen LogP contribution in [0.2, 0.25) is 0 Å².